The molecule has 0 aliphatic carbocycles. The summed E-state index contributed by atoms with van der Waals surface area (Å²) in [5.74, 6) is 0.252. The quantitative estimate of drug-likeness (QED) is 0.471. The van der Waals surface area contributed by atoms with E-state index in [9.17, 15) is 14.9 Å². The number of nitro groups is 1. The minimum Gasteiger partial charge on any atom is -0.493 e. The van der Waals surface area contributed by atoms with Crippen LogP contribution < -0.4 is 14.8 Å². The number of hydrogen-bond donors (Lipinski definition) is 1. The Morgan fingerprint density at radius 1 is 1.22 bits per heavy atom. The van der Waals surface area contributed by atoms with Gasteiger partial charge in [-0.1, -0.05) is 0 Å². The van der Waals surface area contributed by atoms with Crippen LogP contribution in [0.2, 0.25) is 0 Å². The second kappa shape index (κ2) is 7.92. The lowest BCUT2D eigenvalue weighted by Crippen LogP contribution is -2.32. The first-order valence-electron chi connectivity index (χ1n) is 7.91. The van der Waals surface area contributed by atoms with Crippen molar-refractivity contribution in [1.29, 1.82) is 0 Å². The minimum atomic E-state index is -0.528. The lowest BCUT2D eigenvalue weighted by atomic mass is 9.89. The summed E-state index contributed by atoms with van der Waals surface area (Å²) in [6.45, 7) is 5.78. The predicted octanol–water partition coefficient (Wildman–Crippen LogP) is 2.57. The van der Waals surface area contributed by atoms with E-state index in [2.05, 4.69) is 5.32 Å². The summed E-state index contributed by atoms with van der Waals surface area (Å²) in [6.07, 6.45) is 1.46. The summed E-state index contributed by atoms with van der Waals surface area (Å²) >= 11 is 0. The van der Waals surface area contributed by atoms with E-state index in [0.29, 0.717) is 19.0 Å². The summed E-state index contributed by atoms with van der Waals surface area (Å²) in [7, 11) is 0. The molecule has 1 aliphatic rings. The topological polar surface area (TPSA) is 90.7 Å². The molecule has 2 rings (SSSR count). The van der Waals surface area contributed by atoms with Crippen molar-refractivity contribution >= 4 is 11.5 Å². The van der Waals surface area contributed by atoms with E-state index in [0.717, 1.165) is 25.9 Å². The Hall–Kier alpha value is -2.15. The number of hydrogen-bond acceptors (Lipinski definition) is 6. The molecule has 7 heteroatoms. The molecular weight excluding hydrogens is 300 g/mol. The smallest absolute Gasteiger partial charge is 0.311 e. The van der Waals surface area contributed by atoms with Crippen LogP contribution in [0.5, 0.6) is 11.5 Å². The molecule has 0 bridgehead atoms. The van der Waals surface area contributed by atoms with E-state index in [-0.39, 0.29) is 28.7 Å². The number of ether oxygens (including phenoxy) is 2. The molecule has 1 aromatic carbocycles. The number of Topliss-reactive ketones (excluding diaryl/α,β-unsaturated/α-hetero) is 1. The summed E-state index contributed by atoms with van der Waals surface area (Å²) in [5.41, 5.74) is 0.0708. The molecule has 0 saturated carbocycles. The van der Waals surface area contributed by atoms with E-state index < -0.39 is 4.92 Å². The first kappa shape index (κ1) is 17.2. The third kappa shape index (κ3) is 3.98. The van der Waals surface area contributed by atoms with E-state index in [1.807, 2.05) is 0 Å². The third-order valence-electron chi connectivity index (χ3n) is 3.83. The van der Waals surface area contributed by atoms with Gasteiger partial charge < -0.3 is 14.8 Å². The van der Waals surface area contributed by atoms with Crippen molar-refractivity contribution in [3.8, 4) is 11.5 Å². The van der Waals surface area contributed by atoms with E-state index in [1.54, 1.807) is 13.8 Å². The fraction of sp³-hybridized carbons (Fsp3) is 0.562. The average molecular weight is 322 g/mol. The molecule has 23 heavy (non-hydrogen) atoms. The molecular formula is C16H22N2O5. The number of benzene rings is 1. The molecule has 1 aromatic rings. The Kier molecular flexibility index (Phi) is 5.92. The number of carbonyl (C=O) groups is 1. The highest BCUT2D eigenvalue weighted by Gasteiger charge is 2.29. The van der Waals surface area contributed by atoms with Crippen LogP contribution in [0.15, 0.2) is 12.1 Å². The molecule has 1 fully saturated rings. The van der Waals surface area contributed by atoms with Gasteiger partial charge >= 0.3 is 5.69 Å². The van der Waals surface area contributed by atoms with Crippen LogP contribution in [-0.4, -0.2) is 37.0 Å². The molecule has 1 saturated heterocycles. The van der Waals surface area contributed by atoms with Crippen molar-refractivity contribution in [1.82, 2.24) is 5.32 Å². The first-order valence-corrected chi connectivity index (χ1v) is 7.91. The molecule has 0 spiro atoms. The first-order chi connectivity index (χ1) is 11.1. The second-order valence-corrected chi connectivity index (χ2v) is 5.33. The number of nitro benzene ring substituents is 1. The molecule has 0 radical (unpaired) electrons. The highest BCUT2D eigenvalue weighted by Crippen LogP contribution is 2.36. The van der Waals surface area contributed by atoms with Gasteiger partial charge in [0.25, 0.3) is 0 Å². The molecule has 0 aromatic heterocycles. The standard InChI is InChI=1S/C16H22N2O5/c1-3-22-14-10-15(23-4-2)13(18(20)21)9-12(14)16(19)11-5-7-17-8-6-11/h9-11,17H,3-8H2,1-2H3. The number of nitrogens with zero attached hydrogens (tertiary/aromatic N) is 1. The Morgan fingerprint density at radius 2 is 1.83 bits per heavy atom. The van der Waals surface area contributed by atoms with Crippen molar-refractivity contribution in [2.45, 2.75) is 26.7 Å². The van der Waals surface area contributed by atoms with Crippen molar-refractivity contribution < 1.29 is 19.2 Å². The van der Waals surface area contributed by atoms with Gasteiger partial charge in [-0.05, 0) is 39.8 Å². The fourth-order valence-corrected chi connectivity index (χ4v) is 2.74. The maximum Gasteiger partial charge on any atom is 0.311 e. The second-order valence-electron chi connectivity index (χ2n) is 5.33. The molecule has 126 valence electrons. The molecule has 1 N–H and O–H groups in total. The lowest BCUT2D eigenvalue weighted by molar-refractivity contribution is -0.385. The number of rotatable bonds is 7. The highest BCUT2D eigenvalue weighted by atomic mass is 16.6. The van der Waals surface area contributed by atoms with Crippen molar-refractivity contribution in [2.75, 3.05) is 26.3 Å². The van der Waals surface area contributed by atoms with Crippen LogP contribution in [0.4, 0.5) is 5.69 Å². The van der Waals surface area contributed by atoms with Crippen LogP contribution >= 0.6 is 0 Å². The number of nitrogens with one attached hydrogen (secondary N) is 1. The maximum absolute atomic E-state index is 12.8. The van der Waals surface area contributed by atoms with E-state index >= 15 is 0 Å². The maximum atomic E-state index is 12.8. The Morgan fingerprint density at radius 3 is 2.39 bits per heavy atom. The monoisotopic (exact) mass is 322 g/mol. The van der Waals surface area contributed by atoms with Gasteiger partial charge in [-0.25, -0.2) is 0 Å². The normalized spacial score (nSPS) is 15.2. The summed E-state index contributed by atoms with van der Waals surface area (Å²) < 4.78 is 10.9. The molecule has 0 amide bonds. The summed E-state index contributed by atoms with van der Waals surface area (Å²) in [4.78, 5) is 23.5. The van der Waals surface area contributed by atoms with Gasteiger partial charge in [-0.2, -0.15) is 0 Å². The Labute approximate surface area is 135 Å². The average Bonchev–Trinajstić information content (AvgIpc) is 2.55. The van der Waals surface area contributed by atoms with Gasteiger partial charge in [0.2, 0.25) is 5.75 Å². The third-order valence-corrected chi connectivity index (χ3v) is 3.83. The lowest BCUT2D eigenvalue weighted by Gasteiger charge is -2.22. The van der Waals surface area contributed by atoms with Gasteiger partial charge in [0.1, 0.15) is 5.75 Å². The molecule has 1 heterocycles. The SMILES string of the molecule is CCOc1cc(OCC)c([N+](=O)[O-])cc1C(=O)C1CCNCC1. The van der Waals surface area contributed by atoms with Gasteiger partial charge in [0, 0.05) is 18.1 Å². The number of piperidine rings is 1. The van der Waals surface area contributed by atoms with Crippen LogP contribution in [0, 0.1) is 16.0 Å². The zero-order chi connectivity index (χ0) is 16.8. The summed E-state index contributed by atoms with van der Waals surface area (Å²) in [6, 6.07) is 2.75. The van der Waals surface area contributed by atoms with Crippen LogP contribution in [-0.2, 0) is 0 Å². The zero-order valence-electron chi connectivity index (χ0n) is 13.5. The Bertz CT molecular complexity index is 582. The van der Waals surface area contributed by atoms with Crippen LogP contribution in [0.1, 0.15) is 37.0 Å². The van der Waals surface area contributed by atoms with Crippen molar-refractivity contribution in [3.05, 3.63) is 27.8 Å². The van der Waals surface area contributed by atoms with Crippen LogP contribution in [0.3, 0.4) is 0 Å². The fourth-order valence-electron chi connectivity index (χ4n) is 2.74. The van der Waals surface area contributed by atoms with Gasteiger partial charge in [0.05, 0.1) is 23.7 Å². The van der Waals surface area contributed by atoms with E-state index in [1.165, 1.54) is 12.1 Å². The van der Waals surface area contributed by atoms with Gasteiger partial charge in [-0.3, -0.25) is 14.9 Å². The zero-order valence-corrected chi connectivity index (χ0v) is 13.5. The van der Waals surface area contributed by atoms with Gasteiger partial charge in [0.15, 0.2) is 5.78 Å². The molecule has 7 nitrogen and oxygen atoms in total. The van der Waals surface area contributed by atoms with Crippen molar-refractivity contribution in [3.63, 3.8) is 0 Å². The Balaban J connectivity index is 2.44. The highest BCUT2D eigenvalue weighted by molar-refractivity contribution is 6.01. The van der Waals surface area contributed by atoms with Crippen molar-refractivity contribution in [2.24, 2.45) is 5.92 Å². The van der Waals surface area contributed by atoms with E-state index in [4.69, 9.17) is 9.47 Å². The molecule has 0 unspecified atom stereocenters. The molecule has 1 aliphatic heterocycles. The minimum absolute atomic E-state index is 0.0962. The molecule has 0 atom stereocenters. The summed E-state index contributed by atoms with van der Waals surface area (Å²) in [5, 5.41) is 14.5. The number of carbonyl (C=O) groups excluding carboxylic acids is 1. The predicted molar refractivity (Wildman–Crippen MR) is 85.4 cm³/mol. The van der Waals surface area contributed by atoms with Gasteiger partial charge in [-0.15, -0.1) is 0 Å². The number of ketones is 1. The van der Waals surface area contributed by atoms with Crippen LogP contribution in [0.25, 0.3) is 0 Å². The largest absolute Gasteiger partial charge is 0.493 e.